The molecule has 0 saturated heterocycles. The number of carbonyl (C=O) groups excluding carboxylic acids is 1. The SMILES string of the molecule is Cc1ccc(OC(=O)N2CCc3c([nH]c4ccc(Cl)cc34)C2c2ccc(OCCC(O)CN(CCO)CCO)cc2)cc1. The zero-order valence-electron chi connectivity index (χ0n) is 24.2. The van der Waals surface area contributed by atoms with Crippen LogP contribution in [0.3, 0.4) is 0 Å². The molecule has 228 valence electrons. The first-order valence-corrected chi connectivity index (χ1v) is 14.9. The molecule has 9 nitrogen and oxygen atoms in total. The van der Waals surface area contributed by atoms with Crippen LogP contribution in [0.25, 0.3) is 10.9 Å². The molecule has 0 radical (unpaired) electrons. The summed E-state index contributed by atoms with van der Waals surface area (Å²) in [7, 11) is 0. The second-order valence-electron chi connectivity index (χ2n) is 10.8. The molecule has 0 bridgehead atoms. The number of hydrogen-bond acceptors (Lipinski definition) is 7. The van der Waals surface area contributed by atoms with Crippen molar-refractivity contribution in [3.05, 3.63) is 94.1 Å². The summed E-state index contributed by atoms with van der Waals surface area (Å²) in [5.41, 5.74) is 5.00. The number of aliphatic hydroxyl groups excluding tert-OH is 3. The van der Waals surface area contributed by atoms with E-state index >= 15 is 0 Å². The highest BCUT2D eigenvalue weighted by atomic mass is 35.5. The van der Waals surface area contributed by atoms with Gasteiger partial charge in [0.25, 0.3) is 0 Å². The van der Waals surface area contributed by atoms with E-state index in [1.165, 1.54) is 0 Å². The van der Waals surface area contributed by atoms with Gasteiger partial charge in [-0.3, -0.25) is 9.80 Å². The Kier molecular flexibility index (Phi) is 10.2. The van der Waals surface area contributed by atoms with Gasteiger partial charge in [0.1, 0.15) is 17.5 Å². The van der Waals surface area contributed by atoms with Crippen LogP contribution in [0.5, 0.6) is 11.5 Å². The van der Waals surface area contributed by atoms with Gasteiger partial charge < -0.3 is 29.8 Å². The first-order chi connectivity index (χ1) is 20.9. The molecule has 1 aliphatic heterocycles. The Balaban J connectivity index is 1.33. The number of H-pyrrole nitrogens is 1. The Bertz CT molecular complexity index is 1500. The van der Waals surface area contributed by atoms with Crippen molar-refractivity contribution < 1.29 is 29.6 Å². The highest BCUT2D eigenvalue weighted by Gasteiger charge is 2.35. The number of ether oxygens (including phenoxy) is 2. The average Bonchev–Trinajstić information content (AvgIpc) is 3.36. The van der Waals surface area contributed by atoms with Gasteiger partial charge in [0.15, 0.2) is 0 Å². The Labute approximate surface area is 256 Å². The molecular formula is C33H38ClN3O6. The fourth-order valence-corrected chi connectivity index (χ4v) is 5.77. The number of nitrogens with zero attached hydrogens (tertiary/aromatic N) is 2. The van der Waals surface area contributed by atoms with Crippen LogP contribution in [-0.2, 0) is 6.42 Å². The van der Waals surface area contributed by atoms with E-state index < -0.39 is 18.2 Å². The van der Waals surface area contributed by atoms with Crippen molar-refractivity contribution in [2.24, 2.45) is 0 Å². The van der Waals surface area contributed by atoms with Crippen LogP contribution in [-0.4, -0.2) is 88.3 Å². The molecule has 43 heavy (non-hydrogen) atoms. The molecule has 0 saturated carbocycles. The zero-order valence-corrected chi connectivity index (χ0v) is 25.0. The molecule has 5 rings (SSSR count). The van der Waals surface area contributed by atoms with Gasteiger partial charge in [-0.25, -0.2) is 4.79 Å². The molecule has 3 aromatic carbocycles. The van der Waals surface area contributed by atoms with Crippen molar-refractivity contribution in [2.75, 3.05) is 46.0 Å². The standard InChI is InChI=1S/C33H38ClN3O6/c1-22-2-7-27(8-3-22)43-33(41)37-14-12-28-29-20-24(34)6-11-30(29)35-31(28)32(37)23-4-9-26(10-5-23)42-19-13-25(40)21-36(15-17-38)16-18-39/h2-11,20,25,32,35,38-40H,12-19,21H2,1H3. The molecule has 10 heteroatoms. The van der Waals surface area contributed by atoms with Crippen LogP contribution in [0.2, 0.25) is 5.02 Å². The van der Waals surface area contributed by atoms with Crippen molar-refractivity contribution in [3.63, 3.8) is 0 Å². The van der Waals surface area contributed by atoms with Crippen LogP contribution < -0.4 is 9.47 Å². The largest absolute Gasteiger partial charge is 0.493 e. The third-order valence-corrected chi connectivity index (χ3v) is 8.00. The number of fused-ring (bicyclic) bond motifs is 3. The topological polar surface area (TPSA) is 118 Å². The lowest BCUT2D eigenvalue weighted by molar-refractivity contribution is 0.0731. The Hall–Kier alpha value is -3.60. The van der Waals surface area contributed by atoms with Crippen molar-refractivity contribution in [1.82, 2.24) is 14.8 Å². The summed E-state index contributed by atoms with van der Waals surface area (Å²) in [4.78, 5) is 20.6. The summed E-state index contributed by atoms with van der Waals surface area (Å²) in [5, 5.41) is 30.5. The van der Waals surface area contributed by atoms with Crippen molar-refractivity contribution in [3.8, 4) is 11.5 Å². The number of aryl methyl sites for hydroxylation is 1. The summed E-state index contributed by atoms with van der Waals surface area (Å²) < 4.78 is 11.7. The fourth-order valence-electron chi connectivity index (χ4n) is 5.60. The van der Waals surface area contributed by atoms with Crippen LogP contribution in [0.4, 0.5) is 4.79 Å². The minimum atomic E-state index is -0.651. The zero-order chi connectivity index (χ0) is 30.3. The lowest BCUT2D eigenvalue weighted by Crippen LogP contribution is -2.42. The molecule has 2 unspecified atom stereocenters. The van der Waals surface area contributed by atoms with E-state index in [9.17, 15) is 20.1 Å². The van der Waals surface area contributed by atoms with E-state index in [0.717, 1.165) is 33.3 Å². The number of benzene rings is 3. The van der Waals surface area contributed by atoms with E-state index in [1.807, 2.05) is 66.4 Å². The maximum Gasteiger partial charge on any atom is 0.416 e. The highest BCUT2D eigenvalue weighted by molar-refractivity contribution is 6.31. The van der Waals surface area contributed by atoms with E-state index in [1.54, 1.807) is 17.0 Å². The van der Waals surface area contributed by atoms with Crippen LogP contribution in [0.15, 0.2) is 66.7 Å². The molecule has 2 heterocycles. The summed E-state index contributed by atoms with van der Waals surface area (Å²) in [6, 6.07) is 20.4. The van der Waals surface area contributed by atoms with Gasteiger partial charge in [-0.2, -0.15) is 0 Å². The number of halogens is 1. The minimum absolute atomic E-state index is 0.0363. The number of aromatic amines is 1. The average molecular weight is 608 g/mol. The summed E-state index contributed by atoms with van der Waals surface area (Å²) in [5.74, 6) is 1.14. The predicted octanol–water partition coefficient (Wildman–Crippen LogP) is 4.69. The second-order valence-corrected chi connectivity index (χ2v) is 11.3. The van der Waals surface area contributed by atoms with Gasteiger partial charge in [0.05, 0.1) is 25.9 Å². The smallest absolute Gasteiger partial charge is 0.416 e. The molecule has 2 atom stereocenters. The number of amides is 1. The van der Waals surface area contributed by atoms with Gasteiger partial charge in [-0.1, -0.05) is 41.4 Å². The number of hydrogen-bond donors (Lipinski definition) is 4. The highest BCUT2D eigenvalue weighted by Crippen LogP contribution is 2.40. The fraction of sp³-hybridized carbons (Fsp3) is 0.364. The number of rotatable bonds is 12. The Morgan fingerprint density at radius 1 is 1.05 bits per heavy atom. The Morgan fingerprint density at radius 2 is 1.74 bits per heavy atom. The number of carbonyl (C=O) groups is 1. The first-order valence-electron chi connectivity index (χ1n) is 14.6. The molecule has 4 N–H and O–H groups in total. The van der Waals surface area contributed by atoms with Gasteiger partial charge in [-0.05, 0) is 66.9 Å². The Morgan fingerprint density at radius 3 is 2.44 bits per heavy atom. The van der Waals surface area contributed by atoms with E-state index in [2.05, 4.69) is 4.98 Å². The summed E-state index contributed by atoms with van der Waals surface area (Å²) in [6.45, 7) is 3.81. The van der Waals surface area contributed by atoms with Gasteiger partial charge in [0.2, 0.25) is 0 Å². The quantitative estimate of drug-likeness (QED) is 0.184. The number of nitrogens with one attached hydrogen (secondary N) is 1. The van der Waals surface area contributed by atoms with E-state index in [4.69, 9.17) is 21.1 Å². The third kappa shape index (κ3) is 7.49. The van der Waals surface area contributed by atoms with Crippen LogP contribution in [0.1, 0.15) is 34.8 Å². The minimum Gasteiger partial charge on any atom is -0.493 e. The summed E-state index contributed by atoms with van der Waals surface area (Å²) >= 11 is 6.33. The number of aromatic nitrogens is 1. The molecule has 1 amide bonds. The predicted molar refractivity (Wildman–Crippen MR) is 166 cm³/mol. The molecule has 1 aliphatic rings. The van der Waals surface area contributed by atoms with Crippen LogP contribution in [0, 0.1) is 6.92 Å². The second kappa shape index (κ2) is 14.2. The lowest BCUT2D eigenvalue weighted by atomic mass is 9.92. The van der Waals surface area contributed by atoms with Crippen molar-refractivity contribution in [2.45, 2.75) is 31.9 Å². The van der Waals surface area contributed by atoms with Gasteiger partial charge >= 0.3 is 6.09 Å². The molecule has 4 aromatic rings. The molecule has 0 spiro atoms. The van der Waals surface area contributed by atoms with Crippen molar-refractivity contribution in [1.29, 1.82) is 0 Å². The van der Waals surface area contributed by atoms with Gasteiger partial charge in [-0.15, -0.1) is 0 Å². The van der Waals surface area contributed by atoms with E-state index in [-0.39, 0.29) is 13.2 Å². The van der Waals surface area contributed by atoms with Crippen LogP contribution >= 0.6 is 11.6 Å². The monoisotopic (exact) mass is 607 g/mol. The maximum atomic E-state index is 13.5. The molecule has 0 fully saturated rings. The molecular weight excluding hydrogens is 570 g/mol. The number of aliphatic hydroxyl groups is 3. The maximum absolute atomic E-state index is 13.5. The van der Waals surface area contributed by atoms with Crippen molar-refractivity contribution >= 4 is 28.6 Å². The molecule has 0 aliphatic carbocycles. The van der Waals surface area contributed by atoms with Gasteiger partial charge in [0, 0.05) is 54.2 Å². The normalized spacial score (nSPS) is 15.5. The third-order valence-electron chi connectivity index (χ3n) is 7.77. The van der Waals surface area contributed by atoms with E-state index in [0.29, 0.717) is 62.1 Å². The summed E-state index contributed by atoms with van der Waals surface area (Å²) in [6.07, 6.45) is -0.0204. The molecule has 1 aromatic heterocycles. The lowest BCUT2D eigenvalue weighted by Gasteiger charge is -2.35. The first kappa shape index (κ1) is 30.8.